The van der Waals surface area contributed by atoms with E-state index < -0.39 is 0 Å². The van der Waals surface area contributed by atoms with Crippen LogP contribution < -0.4 is 0 Å². The highest BCUT2D eigenvalue weighted by atomic mass is 14.2. The third-order valence-corrected chi connectivity index (χ3v) is 2.72. The van der Waals surface area contributed by atoms with Crippen molar-refractivity contribution in [2.75, 3.05) is 0 Å². The molecule has 0 unspecified atom stereocenters. The molecule has 0 aromatic rings. The Hall–Kier alpha value is -0.520. The van der Waals surface area contributed by atoms with Crippen LogP contribution in [0.5, 0.6) is 0 Å². The topological polar surface area (TPSA) is 0 Å². The maximum Gasteiger partial charge on any atom is -0.0227 e. The van der Waals surface area contributed by atoms with E-state index in [0.29, 0.717) is 0 Å². The Bertz CT molecular complexity index is 164. The van der Waals surface area contributed by atoms with Crippen LogP contribution in [0.4, 0.5) is 0 Å². The fraction of sp³-hybridized carbons (Fsp3) is 0.667. The van der Waals surface area contributed by atoms with Gasteiger partial charge < -0.3 is 0 Å². The molecule has 1 aliphatic rings. The average Bonchev–Trinajstić information content (AvgIpc) is 2.15. The third-order valence-electron chi connectivity index (χ3n) is 2.72. The van der Waals surface area contributed by atoms with Crippen LogP contribution in [0, 0.1) is 5.92 Å². The number of hydrogen-bond donors (Lipinski definition) is 0. The van der Waals surface area contributed by atoms with E-state index in [0.717, 1.165) is 5.92 Å². The zero-order valence-electron chi connectivity index (χ0n) is 8.34. The molecule has 1 saturated carbocycles. The second-order valence-corrected chi connectivity index (χ2v) is 3.62. The quantitative estimate of drug-likeness (QED) is 0.539. The molecular formula is C12H20. The van der Waals surface area contributed by atoms with E-state index in [-0.39, 0.29) is 0 Å². The number of hydrogen-bond acceptors (Lipinski definition) is 0. The molecule has 0 radical (unpaired) electrons. The molecule has 1 fully saturated rings. The molecule has 0 spiro atoms. The Morgan fingerprint density at radius 3 is 2.50 bits per heavy atom. The van der Waals surface area contributed by atoms with Crippen molar-refractivity contribution in [1.29, 1.82) is 0 Å². The monoisotopic (exact) mass is 164 g/mol. The van der Waals surface area contributed by atoms with Crippen LogP contribution in [0.15, 0.2) is 23.8 Å². The van der Waals surface area contributed by atoms with Gasteiger partial charge in [0.15, 0.2) is 0 Å². The molecule has 0 heterocycles. The molecule has 68 valence electrons. The highest BCUT2D eigenvalue weighted by molar-refractivity contribution is 5.06. The molecule has 0 atom stereocenters. The van der Waals surface area contributed by atoms with E-state index in [1.54, 1.807) is 5.57 Å². The van der Waals surface area contributed by atoms with Crippen molar-refractivity contribution < 1.29 is 0 Å². The van der Waals surface area contributed by atoms with Crippen LogP contribution in [0.1, 0.15) is 46.0 Å². The Balaban J connectivity index is 2.31. The van der Waals surface area contributed by atoms with Gasteiger partial charge in [-0.3, -0.25) is 0 Å². The predicted octanol–water partition coefficient (Wildman–Crippen LogP) is 4.09. The maximum atomic E-state index is 2.41. The van der Waals surface area contributed by atoms with Gasteiger partial charge in [-0.15, -0.1) is 0 Å². The van der Waals surface area contributed by atoms with Gasteiger partial charge in [0.2, 0.25) is 0 Å². The van der Waals surface area contributed by atoms with Gasteiger partial charge in [-0.1, -0.05) is 30.7 Å². The molecule has 0 bridgehead atoms. The van der Waals surface area contributed by atoms with Gasteiger partial charge in [0.05, 0.1) is 0 Å². The first-order valence-corrected chi connectivity index (χ1v) is 5.17. The van der Waals surface area contributed by atoms with Crippen LogP contribution in [0.25, 0.3) is 0 Å². The van der Waals surface area contributed by atoms with E-state index in [9.17, 15) is 0 Å². The molecule has 0 aromatic heterocycles. The standard InChI is InChI=1S/C12H20/c1-3-5-6-12-9-7-11(4-2)8-10-12/h4-6,12H,3,7-10H2,1-2H3/b6-5-,11-4?. The minimum atomic E-state index is 0.869. The van der Waals surface area contributed by atoms with Crippen molar-refractivity contribution in [3.63, 3.8) is 0 Å². The minimum absolute atomic E-state index is 0.869. The third kappa shape index (κ3) is 2.84. The molecule has 0 amide bonds. The Morgan fingerprint density at radius 1 is 1.33 bits per heavy atom. The fourth-order valence-corrected chi connectivity index (χ4v) is 1.82. The average molecular weight is 164 g/mol. The van der Waals surface area contributed by atoms with E-state index in [2.05, 4.69) is 32.1 Å². The van der Waals surface area contributed by atoms with Gasteiger partial charge in [-0.25, -0.2) is 0 Å². The first-order valence-electron chi connectivity index (χ1n) is 5.17. The largest absolute Gasteiger partial charge is 0.0885 e. The van der Waals surface area contributed by atoms with Crippen LogP contribution in [0.3, 0.4) is 0 Å². The van der Waals surface area contributed by atoms with Gasteiger partial charge in [-0.2, -0.15) is 0 Å². The lowest BCUT2D eigenvalue weighted by Gasteiger charge is -2.20. The van der Waals surface area contributed by atoms with Crippen LogP contribution in [-0.2, 0) is 0 Å². The molecule has 0 heteroatoms. The van der Waals surface area contributed by atoms with Crippen molar-refractivity contribution in [2.24, 2.45) is 5.92 Å². The Labute approximate surface area is 76.4 Å². The summed E-state index contributed by atoms with van der Waals surface area (Å²) in [5.74, 6) is 0.869. The molecule has 1 aliphatic carbocycles. The highest BCUT2D eigenvalue weighted by Crippen LogP contribution is 2.28. The van der Waals surface area contributed by atoms with E-state index in [4.69, 9.17) is 0 Å². The van der Waals surface area contributed by atoms with Crippen molar-refractivity contribution in [1.82, 2.24) is 0 Å². The molecule has 12 heavy (non-hydrogen) atoms. The number of rotatable bonds is 2. The molecule has 1 rings (SSSR count). The number of allylic oxidation sites excluding steroid dienone is 4. The smallest absolute Gasteiger partial charge is 0.0227 e. The van der Waals surface area contributed by atoms with Gasteiger partial charge >= 0.3 is 0 Å². The van der Waals surface area contributed by atoms with Gasteiger partial charge in [-0.05, 0) is 44.9 Å². The van der Waals surface area contributed by atoms with E-state index in [1.165, 1.54) is 32.1 Å². The normalized spacial score (nSPS) is 24.8. The molecule has 0 nitrogen and oxygen atoms in total. The second kappa shape index (κ2) is 5.18. The van der Waals surface area contributed by atoms with Crippen LogP contribution in [-0.4, -0.2) is 0 Å². The fourth-order valence-electron chi connectivity index (χ4n) is 1.82. The van der Waals surface area contributed by atoms with Crippen LogP contribution >= 0.6 is 0 Å². The first kappa shape index (κ1) is 9.57. The molecular weight excluding hydrogens is 144 g/mol. The van der Waals surface area contributed by atoms with E-state index >= 15 is 0 Å². The van der Waals surface area contributed by atoms with Crippen molar-refractivity contribution in [3.05, 3.63) is 23.8 Å². The van der Waals surface area contributed by atoms with Crippen LogP contribution in [0.2, 0.25) is 0 Å². The summed E-state index contributed by atoms with van der Waals surface area (Å²) in [5, 5.41) is 0. The summed E-state index contributed by atoms with van der Waals surface area (Å²) < 4.78 is 0. The summed E-state index contributed by atoms with van der Waals surface area (Å²) in [4.78, 5) is 0. The zero-order chi connectivity index (χ0) is 8.81. The summed E-state index contributed by atoms with van der Waals surface area (Å²) in [6.07, 6.45) is 13.6. The van der Waals surface area contributed by atoms with Crippen molar-refractivity contribution in [2.45, 2.75) is 46.0 Å². The summed E-state index contributed by atoms with van der Waals surface area (Å²) in [6.45, 7) is 4.37. The summed E-state index contributed by atoms with van der Waals surface area (Å²) in [6, 6.07) is 0. The molecule has 0 aliphatic heterocycles. The maximum absolute atomic E-state index is 2.41. The SMILES string of the molecule is CC=C1CCC(/C=C\CC)CC1. The first-order chi connectivity index (χ1) is 5.86. The minimum Gasteiger partial charge on any atom is -0.0885 e. The molecule has 0 N–H and O–H groups in total. The Kier molecular flexibility index (Phi) is 4.13. The second-order valence-electron chi connectivity index (χ2n) is 3.62. The van der Waals surface area contributed by atoms with E-state index in [1.807, 2.05) is 0 Å². The molecule has 0 saturated heterocycles. The summed E-state index contributed by atoms with van der Waals surface area (Å²) in [5.41, 5.74) is 1.66. The highest BCUT2D eigenvalue weighted by Gasteiger charge is 2.12. The summed E-state index contributed by atoms with van der Waals surface area (Å²) >= 11 is 0. The summed E-state index contributed by atoms with van der Waals surface area (Å²) in [7, 11) is 0. The molecule has 0 aromatic carbocycles. The predicted molar refractivity (Wildman–Crippen MR) is 55.1 cm³/mol. The Morgan fingerprint density at radius 2 is 2.00 bits per heavy atom. The van der Waals surface area contributed by atoms with Crippen molar-refractivity contribution >= 4 is 0 Å². The van der Waals surface area contributed by atoms with Gasteiger partial charge in [0.25, 0.3) is 0 Å². The lowest BCUT2D eigenvalue weighted by Crippen LogP contribution is -2.04. The van der Waals surface area contributed by atoms with Crippen molar-refractivity contribution in [3.8, 4) is 0 Å². The van der Waals surface area contributed by atoms with Gasteiger partial charge in [0, 0.05) is 0 Å². The van der Waals surface area contributed by atoms with Gasteiger partial charge in [0.1, 0.15) is 0 Å². The lowest BCUT2D eigenvalue weighted by molar-refractivity contribution is 0.486. The zero-order valence-corrected chi connectivity index (χ0v) is 8.34. The lowest BCUT2D eigenvalue weighted by atomic mass is 9.85.